The highest BCUT2D eigenvalue weighted by Crippen LogP contribution is 2.05. The Balaban J connectivity index is 2.16. The molecule has 5 nitrogen and oxygen atoms in total. The second kappa shape index (κ2) is 4.78. The van der Waals surface area contributed by atoms with E-state index in [4.69, 9.17) is 5.11 Å². The molecule has 0 amide bonds. The molecule has 0 saturated carbocycles. The third-order valence-electron chi connectivity index (χ3n) is 2.52. The summed E-state index contributed by atoms with van der Waals surface area (Å²) in [5.74, 6) is 0.0371. The topological polar surface area (TPSA) is 68.0 Å². The van der Waals surface area contributed by atoms with Crippen molar-refractivity contribution >= 4 is 5.97 Å². The number of rotatable bonds is 4. The quantitative estimate of drug-likeness (QED) is 0.867. The van der Waals surface area contributed by atoms with Gasteiger partial charge in [-0.25, -0.2) is 9.78 Å². The van der Waals surface area contributed by atoms with Crippen molar-refractivity contribution < 1.29 is 9.90 Å². The van der Waals surface area contributed by atoms with Gasteiger partial charge in [0.2, 0.25) is 0 Å². The van der Waals surface area contributed by atoms with Gasteiger partial charge in [-0.15, -0.1) is 0 Å². The highest BCUT2D eigenvalue weighted by Gasteiger charge is 2.05. The number of aryl methyl sites for hydroxylation is 1. The Morgan fingerprint density at radius 2 is 2.24 bits per heavy atom. The van der Waals surface area contributed by atoms with Gasteiger partial charge >= 0.3 is 5.97 Å². The van der Waals surface area contributed by atoms with Gasteiger partial charge in [0.1, 0.15) is 5.82 Å². The van der Waals surface area contributed by atoms with Crippen LogP contribution >= 0.6 is 0 Å². The van der Waals surface area contributed by atoms with E-state index in [0.717, 1.165) is 17.9 Å². The zero-order valence-electron chi connectivity index (χ0n) is 9.50. The summed E-state index contributed by atoms with van der Waals surface area (Å²) in [5.41, 5.74) is 1.03. The monoisotopic (exact) mass is 231 g/mol. The van der Waals surface area contributed by atoms with Gasteiger partial charge in [0.05, 0.1) is 17.8 Å². The molecule has 1 N–H and O–H groups in total. The van der Waals surface area contributed by atoms with Crippen LogP contribution in [-0.2, 0) is 13.0 Å². The van der Waals surface area contributed by atoms with Gasteiger partial charge in [-0.3, -0.25) is 4.98 Å². The van der Waals surface area contributed by atoms with E-state index in [1.807, 2.05) is 17.7 Å². The van der Waals surface area contributed by atoms with E-state index in [-0.39, 0.29) is 5.56 Å². The summed E-state index contributed by atoms with van der Waals surface area (Å²) in [6.07, 6.45) is 5.89. The largest absolute Gasteiger partial charge is 0.478 e. The van der Waals surface area contributed by atoms with Crippen LogP contribution in [0, 0.1) is 0 Å². The van der Waals surface area contributed by atoms with Crippen LogP contribution in [0.25, 0.3) is 0 Å². The number of carboxylic acid groups (broad SMARTS) is 1. The summed E-state index contributed by atoms with van der Waals surface area (Å²) in [6, 6.07) is 3.29. The predicted octanol–water partition coefficient (Wildman–Crippen LogP) is 1.59. The first-order valence-corrected chi connectivity index (χ1v) is 5.39. The molecule has 0 radical (unpaired) electrons. The summed E-state index contributed by atoms with van der Waals surface area (Å²) < 4.78 is 2.00. The molecule has 2 rings (SSSR count). The number of carboxylic acids is 1. The Kier molecular flexibility index (Phi) is 3.18. The van der Waals surface area contributed by atoms with Gasteiger partial charge in [-0.05, 0) is 12.1 Å². The molecule has 2 heterocycles. The minimum absolute atomic E-state index is 0.204. The van der Waals surface area contributed by atoms with Gasteiger partial charge in [0.15, 0.2) is 0 Å². The fourth-order valence-corrected chi connectivity index (χ4v) is 1.62. The second-order valence-electron chi connectivity index (χ2n) is 3.67. The number of hydrogen-bond acceptors (Lipinski definition) is 3. The lowest BCUT2D eigenvalue weighted by molar-refractivity contribution is 0.0696. The molecule has 88 valence electrons. The number of hydrogen-bond donors (Lipinski definition) is 1. The zero-order chi connectivity index (χ0) is 12.3. The van der Waals surface area contributed by atoms with E-state index < -0.39 is 5.97 Å². The third-order valence-corrected chi connectivity index (χ3v) is 2.52. The number of pyridine rings is 1. The maximum atomic E-state index is 10.7. The van der Waals surface area contributed by atoms with Crippen LogP contribution < -0.4 is 0 Å². The molecule has 0 atom stereocenters. The van der Waals surface area contributed by atoms with Crippen molar-refractivity contribution in [3.8, 4) is 0 Å². The van der Waals surface area contributed by atoms with Gasteiger partial charge in [-0.2, -0.15) is 0 Å². The molecule has 0 aliphatic heterocycles. The number of imidazole rings is 1. The lowest BCUT2D eigenvalue weighted by Gasteiger charge is -2.05. The molecule has 2 aromatic rings. The van der Waals surface area contributed by atoms with Gasteiger partial charge in [0.25, 0.3) is 0 Å². The van der Waals surface area contributed by atoms with E-state index in [1.165, 1.54) is 6.20 Å². The van der Waals surface area contributed by atoms with E-state index in [2.05, 4.69) is 9.97 Å². The molecule has 0 aliphatic carbocycles. The normalized spacial score (nSPS) is 10.4. The second-order valence-corrected chi connectivity index (χ2v) is 3.67. The summed E-state index contributed by atoms with van der Waals surface area (Å²) in [4.78, 5) is 19.0. The van der Waals surface area contributed by atoms with Crippen LogP contribution in [0.15, 0.2) is 30.7 Å². The van der Waals surface area contributed by atoms with Crippen LogP contribution in [0.2, 0.25) is 0 Å². The summed E-state index contributed by atoms with van der Waals surface area (Å²) in [5, 5.41) is 8.76. The average molecular weight is 231 g/mol. The lowest BCUT2D eigenvalue weighted by atomic mass is 10.2. The molecular formula is C12H13N3O2. The fourth-order valence-electron chi connectivity index (χ4n) is 1.62. The third kappa shape index (κ3) is 2.50. The molecular weight excluding hydrogens is 218 g/mol. The molecule has 17 heavy (non-hydrogen) atoms. The number of carbonyl (C=O) groups is 1. The van der Waals surface area contributed by atoms with Gasteiger partial charge < -0.3 is 9.67 Å². The average Bonchev–Trinajstić information content (AvgIpc) is 2.77. The lowest BCUT2D eigenvalue weighted by Crippen LogP contribution is -2.06. The smallest absolute Gasteiger partial charge is 0.337 e. The van der Waals surface area contributed by atoms with Gasteiger partial charge in [0, 0.05) is 25.0 Å². The Morgan fingerprint density at radius 3 is 2.82 bits per heavy atom. The van der Waals surface area contributed by atoms with E-state index >= 15 is 0 Å². The highest BCUT2D eigenvalue weighted by molar-refractivity contribution is 5.87. The first-order valence-electron chi connectivity index (χ1n) is 5.39. The minimum atomic E-state index is -0.957. The summed E-state index contributed by atoms with van der Waals surface area (Å²) >= 11 is 0. The summed E-state index contributed by atoms with van der Waals surface area (Å²) in [6.45, 7) is 2.66. The van der Waals surface area contributed by atoms with Crippen LogP contribution in [0.5, 0.6) is 0 Å². The maximum absolute atomic E-state index is 10.7. The van der Waals surface area contributed by atoms with Crippen LogP contribution in [0.1, 0.15) is 28.8 Å². The predicted molar refractivity (Wildman–Crippen MR) is 61.9 cm³/mol. The molecule has 0 aromatic carbocycles. The van der Waals surface area contributed by atoms with Crippen molar-refractivity contribution in [3.05, 3.63) is 47.8 Å². The van der Waals surface area contributed by atoms with Crippen molar-refractivity contribution in [2.75, 3.05) is 0 Å². The Hall–Kier alpha value is -2.17. The standard InChI is InChI=1S/C12H13N3O2/c1-2-11-13-5-6-15(11)8-10-4-3-9(7-14-10)12(16)17/h3-7H,2,8H2,1H3,(H,16,17). The van der Waals surface area contributed by atoms with Crippen LogP contribution in [0.4, 0.5) is 0 Å². The number of aromatic carboxylic acids is 1. The zero-order valence-corrected chi connectivity index (χ0v) is 9.50. The van der Waals surface area contributed by atoms with E-state index in [1.54, 1.807) is 18.3 Å². The van der Waals surface area contributed by atoms with E-state index in [9.17, 15) is 4.79 Å². The Bertz CT molecular complexity index is 517. The maximum Gasteiger partial charge on any atom is 0.337 e. The van der Waals surface area contributed by atoms with Crippen molar-refractivity contribution in [2.45, 2.75) is 19.9 Å². The molecule has 5 heteroatoms. The Morgan fingerprint density at radius 1 is 1.41 bits per heavy atom. The minimum Gasteiger partial charge on any atom is -0.478 e. The molecule has 0 saturated heterocycles. The SMILES string of the molecule is CCc1nccn1Cc1ccc(C(=O)O)cn1. The van der Waals surface area contributed by atoms with E-state index in [0.29, 0.717) is 6.54 Å². The molecule has 0 unspecified atom stereocenters. The Labute approximate surface area is 98.8 Å². The first kappa shape index (κ1) is 11.3. The van der Waals surface area contributed by atoms with Crippen LogP contribution in [0.3, 0.4) is 0 Å². The van der Waals surface area contributed by atoms with Crippen molar-refractivity contribution in [3.63, 3.8) is 0 Å². The number of nitrogens with zero attached hydrogens (tertiary/aromatic N) is 3. The highest BCUT2D eigenvalue weighted by atomic mass is 16.4. The summed E-state index contributed by atoms with van der Waals surface area (Å²) in [7, 11) is 0. The molecule has 0 fully saturated rings. The molecule has 0 aliphatic rings. The van der Waals surface area contributed by atoms with Crippen molar-refractivity contribution in [2.24, 2.45) is 0 Å². The van der Waals surface area contributed by atoms with Crippen molar-refractivity contribution in [1.29, 1.82) is 0 Å². The van der Waals surface area contributed by atoms with Crippen molar-refractivity contribution in [1.82, 2.24) is 14.5 Å². The molecule has 0 bridgehead atoms. The van der Waals surface area contributed by atoms with Gasteiger partial charge in [-0.1, -0.05) is 6.92 Å². The number of aromatic nitrogens is 3. The first-order chi connectivity index (χ1) is 8.20. The molecule has 0 spiro atoms. The van der Waals surface area contributed by atoms with Crippen LogP contribution in [-0.4, -0.2) is 25.6 Å². The fraction of sp³-hybridized carbons (Fsp3) is 0.250. The molecule has 2 aromatic heterocycles.